The molecule has 0 fully saturated rings. The Hall–Kier alpha value is -1.04. The molecule has 1 N–H and O–H groups in total. The number of aromatic carboxylic acids is 1. The Balaban J connectivity index is 0.00000196. The molecule has 0 unspecified atom stereocenters. The van der Waals surface area contributed by atoms with E-state index in [1.54, 1.807) is 0 Å². The molecule has 1 aromatic rings. The van der Waals surface area contributed by atoms with E-state index in [0.717, 1.165) is 0 Å². The minimum Gasteiger partial charge on any atom is -0.477 e. The van der Waals surface area contributed by atoms with Gasteiger partial charge in [-0.3, -0.25) is 0 Å². The molecule has 0 saturated carbocycles. The van der Waals surface area contributed by atoms with Gasteiger partial charge in [-0.2, -0.15) is 0 Å². The first kappa shape index (κ1) is 14.0. The molecule has 1 rings (SSSR count). The molecule has 0 spiro atoms. The van der Waals surface area contributed by atoms with Crippen LogP contribution in [0.3, 0.4) is 0 Å². The van der Waals surface area contributed by atoms with E-state index in [1.165, 1.54) is 0 Å². The van der Waals surface area contributed by atoms with Crippen molar-refractivity contribution in [3.8, 4) is 0 Å². The van der Waals surface area contributed by atoms with Crippen molar-refractivity contribution >= 4 is 5.97 Å². The molecular weight excluding hydrogens is 276 g/mol. The fraction of sp³-hybridized carbons (Fsp3) is 0. The maximum Gasteiger partial charge on any atom is 0.341 e. The Labute approximate surface area is 92.5 Å². The van der Waals surface area contributed by atoms with Gasteiger partial charge in [-0.05, 0) is 0 Å². The Bertz CT molecular complexity index is 391. The SMILES string of the molecule is O=C(O)c1c(F)c(F)c(F)c(F)c1F.[Zn]. The van der Waals surface area contributed by atoms with Gasteiger partial charge < -0.3 is 5.11 Å². The van der Waals surface area contributed by atoms with Crippen molar-refractivity contribution in [2.75, 3.05) is 0 Å². The summed E-state index contributed by atoms with van der Waals surface area (Å²) in [4.78, 5) is 10.1. The summed E-state index contributed by atoms with van der Waals surface area (Å²) in [6.07, 6.45) is 0. The maximum absolute atomic E-state index is 12.6. The van der Waals surface area contributed by atoms with Gasteiger partial charge in [0, 0.05) is 19.5 Å². The van der Waals surface area contributed by atoms with Gasteiger partial charge in [0.25, 0.3) is 0 Å². The molecule has 0 aliphatic carbocycles. The van der Waals surface area contributed by atoms with Crippen LogP contribution < -0.4 is 0 Å². The third kappa shape index (κ3) is 2.14. The third-order valence-corrected chi connectivity index (χ3v) is 1.42. The molecule has 8 heteroatoms. The van der Waals surface area contributed by atoms with Crippen molar-refractivity contribution in [2.45, 2.75) is 0 Å². The van der Waals surface area contributed by atoms with Crippen LogP contribution in [0.15, 0.2) is 0 Å². The Morgan fingerprint density at radius 2 is 1.07 bits per heavy atom. The second-order valence-electron chi connectivity index (χ2n) is 2.25. The van der Waals surface area contributed by atoms with Crippen LogP contribution in [0.4, 0.5) is 22.0 Å². The summed E-state index contributed by atoms with van der Waals surface area (Å²) in [6.45, 7) is 0. The second-order valence-corrected chi connectivity index (χ2v) is 2.25. The molecule has 0 radical (unpaired) electrons. The van der Waals surface area contributed by atoms with Crippen molar-refractivity contribution in [3.63, 3.8) is 0 Å². The molecule has 2 nitrogen and oxygen atoms in total. The molecule has 0 bridgehead atoms. The predicted molar refractivity (Wildman–Crippen MR) is 33.2 cm³/mol. The summed E-state index contributed by atoms with van der Waals surface area (Å²) in [5.41, 5.74) is -1.86. The molecule has 1 aromatic carbocycles. The standard InChI is InChI=1S/C7HF5O2.Zn/c8-2-1(7(13)14)3(9)5(11)6(12)4(2)10;/h(H,13,14);. The zero-order valence-corrected chi connectivity index (χ0v) is 9.92. The van der Waals surface area contributed by atoms with Gasteiger partial charge in [0.1, 0.15) is 5.56 Å². The summed E-state index contributed by atoms with van der Waals surface area (Å²) < 4.78 is 62.1. The first-order valence-electron chi connectivity index (χ1n) is 3.12. The first-order chi connectivity index (χ1) is 6.37. The molecule has 0 heterocycles. The van der Waals surface area contributed by atoms with E-state index in [1.807, 2.05) is 0 Å². The van der Waals surface area contributed by atoms with Crippen molar-refractivity contribution in [2.24, 2.45) is 0 Å². The third-order valence-electron chi connectivity index (χ3n) is 1.42. The molecular formula is C7HF5O2Zn. The Kier molecular flexibility index (Phi) is 4.33. The summed E-state index contributed by atoms with van der Waals surface area (Å²) in [5, 5.41) is 8.15. The monoisotopic (exact) mass is 276 g/mol. The zero-order valence-electron chi connectivity index (χ0n) is 6.95. The van der Waals surface area contributed by atoms with Crippen LogP contribution in [0, 0.1) is 29.1 Å². The van der Waals surface area contributed by atoms with Crippen LogP contribution in [0.2, 0.25) is 0 Å². The molecule has 0 aromatic heterocycles. The normalized spacial score (nSPS) is 9.67. The minimum atomic E-state index is -2.38. The maximum atomic E-state index is 12.6. The second kappa shape index (κ2) is 4.66. The van der Waals surface area contributed by atoms with Crippen molar-refractivity contribution in [3.05, 3.63) is 34.6 Å². The van der Waals surface area contributed by atoms with E-state index in [2.05, 4.69) is 0 Å². The van der Waals surface area contributed by atoms with E-state index >= 15 is 0 Å². The number of benzene rings is 1. The van der Waals surface area contributed by atoms with Gasteiger partial charge in [0.05, 0.1) is 0 Å². The summed E-state index contributed by atoms with van der Waals surface area (Å²) >= 11 is 0. The number of carbonyl (C=O) groups is 1. The number of hydrogen-bond donors (Lipinski definition) is 1. The Morgan fingerprint density at radius 1 is 0.800 bits per heavy atom. The van der Waals surface area contributed by atoms with E-state index < -0.39 is 40.6 Å². The fourth-order valence-electron chi connectivity index (χ4n) is 0.793. The van der Waals surface area contributed by atoms with Crippen molar-refractivity contribution in [1.29, 1.82) is 0 Å². The summed E-state index contributed by atoms with van der Waals surface area (Å²) in [7, 11) is 0. The van der Waals surface area contributed by atoms with E-state index in [9.17, 15) is 26.7 Å². The number of carboxylic acid groups (broad SMARTS) is 1. The van der Waals surface area contributed by atoms with Crippen LogP contribution in [0.5, 0.6) is 0 Å². The predicted octanol–water partition coefficient (Wildman–Crippen LogP) is 2.08. The van der Waals surface area contributed by atoms with Gasteiger partial charge in [0.2, 0.25) is 5.82 Å². The molecule has 0 saturated heterocycles. The molecule has 78 valence electrons. The van der Waals surface area contributed by atoms with E-state index in [4.69, 9.17) is 5.11 Å². The fourth-order valence-corrected chi connectivity index (χ4v) is 0.793. The molecule has 0 aliphatic rings. The summed E-state index contributed by atoms with van der Waals surface area (Å²) in [5.74, 6) is -13.9. The van der Waals surface area contributed by atoms with Gasteiger partial charge in [-0.15, -0.1) is 0 Å². The van der Waals surface area contributed by atoms with Crippen LogP contribution in [0.25, 0.3) is 0 Å². The van der Waals surface area contributed by atoms with Crippen molar-refractivity contribution < 1.29 is 51.3 Å². The topological polar surface area (TPSA) is 37.3 Å². The number of hydrogen-bond acceptors (Lipinski definition) is 1. The smallest absolute Gasteiger partial charge is 0.341 e. The van der Waals surface area contributed by atoms with Gasteiger partial charge >= 0.3 is 5.97 Å². The van der Waals surface area contributed by atoms with Gasteiger partial charge in [-0.25, -0.2) is 26.7 Å². The summed E-state index contributed by atoms with van der Waals surface area (Å²) in [6, 6.07) is 0. The van der Waals surface area contributed by atoms with Crippen LogP contribution in [-0.2, 0) is 19.5 Å². The Morgan fingerprint density at radius 3 is 1.33 bits per heavy atom. The molecule has 15 heavy (non-hydrogen) atoms. The molecule has 0 atom stereocenters. The van der Waals surface area contributed by atoms with Gasteiger partial charge in [0.15, 0.2) is 23.3 Å². The van der Waals surface area contributed by atoms with E-state index in [-0.39, 0.29) is 19.5 Å². The quantitative estimate of drug-likeness (QED) is 0.369. The van der Waals surface area contributed by atoms with Gasteiger partial charge in [-0.1, -0.05) is 0 Å². The van der Waals surface area contributed by atoms with Crippen LogP contribution in [-0.4, -0.2) is 11.1 Å². The molecule has 0 aliphatic heterocycles. The van der Waals surface area contributed by atoms with Crippen molar-refractivity contribution in [1.82, 2.24) is 0 Å². The average Bonchev–Trinajstić information content (AvgIpc) is 2.11. The largest absolute Gasteiger partial charge is 0.477 e. The first-order valence-corrected chi connectivity index (χ1v) is 3.12. The number of carboxylic acids is 1. The van der Waals surface area contributed by atoms with Crippen LogP contribution in [0.1, 0.15) is 10.4 Å². The average molecular weight is 277 g/mol. The number of halogens is 5. The zero-order chi connectivity index (χ0) is 11.0. The minimum absolute atomic E-state index is 0. The number of rotatable bonds is 1. The van der Waals surface area contributed by atoms with Crippen LogP contribution >= 0.6 is 0 Å². The molecule has 0 amide bonds. The van der Waals surface area contributed by atoms with E-state index in [0.29, 0.717) is 0 Å².